The molecule has 11 heavy (non-hydrogen) atoms. The molecule has 0 spiro atoms. The van der Waals surface area contributed by atoms with Crippen molar-refractivity contribution in [2.45, 2.75) is 13.8 Å². The Balaban J connectivity index is 4.55. The maximum Gasteiger partial charge on any atom is 0.346 e. The highest BCUT2D eigenvalue weighted by molar-refractivity contribution is 6.18. The summed E-state index contributed by atoms with van der Waals surface area (Å²) in [5.74, 6) is -1.36. The molecule has 0 rings (SSSR count). The third kappa shape index (κ3) is 2.41. The average molecular weight is 158 g/mol. The molecule has 0 aromatic rings. The van der Waals surface area contributed by atoms with Crippen LogP contribution >= 0.6 is 0 Å². The minimum Gasteiger partial charge on any atom is -0.598 e. The highest BCUT2D eigenvalue weighted by Crippen LogP contribution is 2.05. The van der Waals surface area contributed by atoms with Crippen molar-refractivity contribution in [2.75, 3.05) is 0 Å². The van der Waals surface area contributed by atoms with Gasteiger partial charge >= 0.3 is 5.97 Å². The molecular weight excluding hydrogens is 146 g/mol. The summed E-state index contributed by atoms with van der Waals surface area (Å²) in [6.07, 6.45) is 0.699. The number of hydrogen-bond donors (Lipinski definition) is 2. The number of nitrogens with one attached hydrogen (secondary N) is 1. The summed E-state index contributed by atoms with van der Waals surface area (Å²) in [7, 11) is 0. The zero-order chi connectivity index (χ0) is 9.02. The molecule has 0 unspecified atom stereocenters. The van der Waals surface area contributed by atoms with Gasteiger partial charge in [0, 0.05) is 0 Å². The molecule has 0 atom stereocenters. The predicted octanol–water partition coefficient (Wildman–Crippen LogP) is 0.355. The van der Waals surface area contributed by atoms with E-state index in [4.69, 9.17) is 15.6 Å². The van der Waals surface area contributed by atoms with Crippen molar-refractivity contribution in [2.24, 2.45) is 5.92 Å². The van der Waals surface area contributed by atoms with Crippen LogP contribution in [0.4, 0.5) is 0 Å². The van der Waals surface area contributed by atoms with Crippen molar-refractivity contribution in [3.63, 3.8) is 0 Å². The fourth-order valence-electron chi connectivity index (χ4n) is 0.566. The molecule has 0 aliphatic carbocycles. The fourth-order valence-corrected chi connectivity index (χ4v) is 0.566. The summed E-state index contributed by atoms with van der Waals surface area (Å²) in [4.78, 5) is 10.3. The van der Waals surface area contributed by atoms with Crippen LogP contribution in [0.2, 0.25) is 0 Å². The van der Waals surface area contributed by atoms with Crippen LogP contribution in [0, 0.1) is 11.3 Å². The Morgan fingerprint density at radius 1 is 1.64 bits per heavy atom. The van der Waals surface area contributed by atoms with Gasteiger partial charge in [0.05, 0.1) is 5.71 Å². The molecular formula is C7H12NO3+. The topological polar surface area (TPSA) is 84.0 Å². The SMILES string of the molecule is CC(C)C(=N)/C(=C\[OH2+])C(=O)O. The van der Waals surface area contributed by atoms with Crippen molar-refractivity contribution in [3.8, 4) is 0 Å². The lowest BCUT2D eigenvalue weighted by molar-refractivity contribution is -0.132. The Kier molecular flexibility index (Phi) is 3.30. The zero-order valence-corrected chi connectivity index (χ0v) is 6.51. The number of rotatable bonds is 3. The van der Waals surface area contributed by atoms with E-state index < -0.39 is 5.97 Å². The van der Waals surface area contributed by atoms with Crippen LogP contribution in [0.15, 0.2) is 11.8 Å². The summed E-state index contributed by atoms with van der Waals surface area (Å²) in [5, 5.41) is 22.5. The minimum absolute atomic E-state index is 0.00694. The molecule has 0 aromatic heterocycles. The van der Waals surface area contributed by atoms with E-state index in [2.05, 4.69) is 0 Å². The largest absolute Gasteiger partial charge is 0.598 e. The van der Waals surface area contributed by atoms with E-state index in [-0.39, 0.29) is 17.2 Å². The maximum absolute atomic E-state index is 10.3. The van der Waals surface area contributed by atoms with E-state index in [0.29, 0.717) is 6.26 Å². The maximum atomic E-state index is 10.3. The van der Waals surface area contributed by atoms with Crippen LogP contribution in [-0.2, 0) is 4.79 Å². The molecule has 4 nitrogen and oxygen atoms in total. The summed E-state index contributed by atoms with van der Waals surface area (Å²) in [6, 6.07) is 0. The highest BCUT2D eigenvalue weighted by Gasteiger charge is 2.18. The van der Waals surface area contributed by atoms with Crippen molar-refractivity contribution < 1.29 is 15.0 Å². The Morgan fingerprint density at radius 2 is 2.09 bits per heavy atom. The van der Waals surface area contributed by atoms with E-state index in [9.17, 15) is 4.79 Å². The quantitative estimate of drug-likeness (QED) is 0.269. The third-order valence-electron chi connectivity index (χ3n) is 1.24. The Hall–Kier alpha value is -1.32. The van der Waals surface area contributed by atoms with E-state index in [1.165, 1.54) is 0 Å². The second-order valence-electron chi connectivity index (χ2n) is 2.43. The molecule has 0 aromatic carbocycles. The second kappa shape index (κ2) is 3.75. The minimum atomic E-state index is -1.21. The highest BCUT2D eigenvalue weighted by atomic mass is 16.4. The van der Waals surface area contributed by atoms with Crippen molar-refractivity contribution in [1.82, 2.24) is 0 Å². The summed E-state index contributed by atoms with van der Waals surface area (Å²) in [5.41, 5.74) is -0.243. The summed E-state index contributed by atoms with van der Waals surface area (Å²) in [6.45, 7) is 3.43. The van der Waals surface area contributed by atoms with Gasteiger partial charge in [-0.25, -0.2) is 4.79 Å². The number of carboxylic acid groups (broad SMARTS) is 1. The zero-order valence-electron chi connectivity index (χ0n) is 6.51. The molecule has 0 radical (unpaired) electrons. The Bertz CT molecular complexity index is 206. The molecule has 0 bridgehead atoms. The molecule has 0 fully saturated rings. The van der Waals surface area contributed by atoms with Gasteiger partial charge in [0.1, 0.15) is 0 Å². The van der Waals surface area contributed by atoms with Crippen molar-refractivity contribution >= 4 is 11.7 Å². The molecule has 0 heterocycles. The summed E-state index contributed by atoms with van der Waals surface area (Å²) < 4.78 is 0. The van der Waals surface area contributed by atoms with Crippen LogP contribution in [0.5, 0.6) is 0 Å². The third-order valence-corrected chi connectivity index (χ3v) is 1.24. The number of carbonyl (C=O) groups is 1. The first-order chi connectivity index (χ1) is 5.00. The number of carboxylic acids is 1. The fraction of sp³-hybridized carbons (Fsp3) is 0.429. The Labute approximate surface area is 64.7 Å². The van der Waals surface area contributed by atoms with Crippen LogP contribution in [-0.4, -0.2) is 21.9 Å². The van der Waals surface area contributed by atoms with Gasteiger partial charge in [-0.15, -0.1) is 0 Å². The van der Waals surface area contributed by atoms with E-state index in [1.807, 2.05) is 0 Å². The molecule has 0 saturated heterocycles. The van der Waals surface area contributed by atoms with Crippen molar-refractivity contribution in [1.29, 1.82) is 5.41 Å². The Morgan fingerprint density at radius 3 is 2.18 bits per heavy atom. The van der Waals surface area contributed by atoms with Gasteiger partial charge < -0.3 is 15.6 Å². The van der Waals surface area contributed by atoms with Gasteiger partial charge in [-0.3, -0.25) is 0 Å². The van der Waals surface area contributed by atoms with E-state index in [0.717, 1.165) is 0 Å². The second-order valence-corrected chi connectivity index (χ2v) is 2.43. The van der Waals surface area contributed by atoms with E-state index >= 15 is 0 Å². The monoisotopic (exact) mass is 158 g/mol. The normalized spacial score (nSPS) is 11.7. The lowest BCUT2D eigenvalue weighted by Crippen LogP contribution is -2.16. The number of aliphatic carboxylic acids is 1. The van der Waals surface area contributed by atoms with Crippen LogP contribution in [0.3, 0.4) is 0 Å². The van der Waals surface area contributed by atoms with E-state index in [1.54, 1.807) is 13.8 Å². The van der Waals surface area contributed by atoms with Gasteiger partial charge in [-0.1, -0.05) is 13.8 Å². The van der Waals surface area contributed by atoms with Gasteiger partial charge in [-0.05, 0) is 5.92 Å². The molecule has 0 aliphatic heterocycles. The standard InChI is InChI=1S/C7H11NO3/c1-4(2)6(8)5(3-9)7(10)11/h3-4,8-9H,1-2H3,(H,10,11)/p+1/b5-3+,8-6?. The van der Waals surface area contributed by atoms with Crippen LogP contribution in [0.25, 0.3) is 0 Å². The predicted molar refractivity (Wildman–Crippen MR) is 41.9 cm³/mol. The molecule has 0 saturated carbocycles. The lowest BCUT2D eigenvalue weighted by atomic mass is 10.0. The van der Waals surface area contributed by atoms with Gasteiger partial charge in [0.15, 0.2) is 5.57 Å². The van der Waals surface area contributed by atoms with Gasteiger partial charge in [-0.2, -0.15) is 0 Å². The average Bonchev–Trinajstić information content (AvgIpc) is 1.88. The van der Waals surface area contributed by atoms with Crippen LogP contribution in [0.1, 0.15) is 13.8 Å². The van der Waals surface area contributed by atoms with Gasteiger partial charge in [0.2, 0.25) is 6.26 Å². The first-order valence-electron chi connectivity index (χ1n) is 3.20. The first-order valence-corrected chi connectivity index (χ1v) is 3.20. The van der Waals surface area contributed by atoms with Crippen LogP contribution < -0.4 is 0 Å². The molecule has 62 valence electrons. The first kappa shape index (κ1) is 9.68. The lowest BCUT2D eigenvalue weighted by Gasteiger charge is -2.04. The molecule has 4 heteroatoms. The van der Waals surface area contributed by atoms with Crippen molar-refractivity contribution in [3.05, 3.63) is 11.8 Å². The molecule has 0 aliphatic rings. The molecule has 4 N–H and O–H groups in total. The number of hydrogen-bond acceptors (Lipinski definition) is 2. The summed E-state index contributed by atoms with van der Waals surface area (Å²) >= 11 is 0. The van der Waals surface area contributed by atoms with Gasteiger partial charge in [0.25, 0.3) is 0 Å². The molecule has 0 amide bonds. The smallest absolute Gasteiger partial charge is 0.346 e.